The minimum Gasteiger partial charge on any atom is -0.334 e. The highest BCUT2D eigenvalue weighted by atomic mass is 32.2. The molecule has 0 aliphatic heterocycles. The number of amides is 1. The molecular weight excluding hydrogens is 326 g/mol. The summed E-state index contributed by atoms with van der Waals surface area (Å²) < 4.78 is 26.1. The summed E-state index contributed by atoms with van der Waals surface area (Å²) in [7, 11) is -3.48. The Morgan fingerprint density at radius 2 is 1.92 bits per heavy atom. The Bertz CT molecular complexity index is 755. The van der Waals surface area contributed by atoms with Crippen LogP contribution >= 0.6 is 0 Å². The number of carbonyl (C=O) groups excluding carboxylic acids is 1. The van der Waals surface area contributed by atoms with E-state index < -0.39 is 15.6 Å². The van der Waals surface area contributed by atoms with Gasteiger partial charge in [0.25, 0.3) is 0 Å². The van der Waals surface area contributed by atoms with E-state index in [0.29, 0.717) is 24.9 Å². The molecule has 0 spiro atoms. The Balaban J connectivity index is 2.02. The molecule has 1 saturated carbocycles. The number of rotatable bonds is 6. The number of benzene rings is 1. The summed E-state index contributed by atoms with van der Waals surface area (Å²) in [5.41, 5.74) is -0.0384. The van der Waals surface area contributed by atoms with Gasteiger partial charge in [-0.1, -0.05) is 19.1 Å². The topological polar surface area (TPSA) is 99.1 Å². The third kappa shape index (κ3) is 4.43. The van der Waals surface area contributed by atoms with Crippen LogP contribution in [0.25, 0.3) is 6.08 Å². The Kier molecular flexibility index (Phi) is 5.75. The summed E-state index contributed by atoms with van der Waals surface area (Å²) in [6.07, 6.45) is 6.21. The van der Waals surface area contributed by atoms with Crippen LogP contribution in [-0.2, 0) is 14.8 Å². The van der Waals surface area contributed by atoms with E-state index in [2.05, 4.69) is 16.1 Å². The first kappa shape index (κ1) is 18.2. The normalized spacial score (nSPS) is 16.8. The molecule has 24 heavy (non-hydrogen) atoms. The molecule has 0 bridgehead atoms. The molecule has 0 aromatic heterocycles. The monoisotopic (exact) mass is 347 g/mol. The molecule has 128 valence electrons. The zero-order chi connectivity index (χ0) is 17.6. The number of hydrogen-bond acceptors (Lipinski definition) is 4. The summed E-state index contributed by atoms with van der Waals surface area (Å²) in [5, 5.41) is 12.0. The number of sulfonamides is 1. The Morgan fingerprint density at radius 1 is 1.29 bits per heavy atom. The lowest BCUT2D eigenvalue weighted by atomic mass is 10.00. The van der Waals surface area contributed by atoms with E-state index in [-0.39, 0.29) is 10.8 Å². The van der Waals surface area contributed by atoms with Crippen LogP contribution in [0.1, 0.15) is 38.2 Å². The van der Waals surface area contributed by atoms with Crippen molar-refractivity contribution in [1.82, 2.24) is 10.0 Å². The molecule has 2 N–H and O–H groups in total. The third-order valence-corrected chi connectivity index (χ3v) is 5.55. The fraction of sp³-hybridized carbons (Fsp3) is 0.412. The van der Waals surface area contributed by atoms with Crippen molar-refractivity contribution in [3.8, 4) is 6.07 Å². The number of hydrogen-bond donors (Lipinski definition) is 2. The molecule has 7 heteroatoms. The predicted octanol–water partition coefficient (Wildman–Crippen LogP) is 1.95. The van der Waals surface area contributed by atoms with Gasteiger partial charge in [0.15, 0.2) is 0 Å². The highest BCUT2D eigenvalue weighted by Gasteiger charge is 2.34. The molecule has 1 fully saturated rings. The summed E-state index contributed by atoms with van der Waals surface area (Å²) in [4.78, 5) is 12.2. The second-order valence-electron chi connectivity index (χ2n) is 5.79. The highest BCUT2D eigenvalue weighted by Crippen LogP contribution is 2.28. The first-order valence-corrected chi connectivity index (χ1v) is 9.40. The lowest BCUT2D eigenvalue weighted by Crippen LogP contribution is -2.44. The van der Waals surface area contributed by atoms with Gasteiger partial charge in [0.1, 0.15) is 5.54 Å². The van der Waals surface area contributed by atoms with E-state index >= 15 is 0 Å². The van der Waals surface area contributed by atoms with Gasteiger partial charge in [0, 0.05) is 12.6 Å². The zero-order valence-electron chi connectivity index (χ0n) is 13.6. The second-order valence-corrected chi connectivity index (χ2v) is 7.56. The maximum absolute atomic E-state index is 12.0. The van der Waals surface area contributed by atoms with Gasteiger partial charge in [-0.15, -0.1) is 0 Å². The first-order valence-electron chi connectivity index (χ1n) is 7.92. The Morgan fingerprint density at radius 3 is 2.46 bits per heavy atom. The van der Waals surface area contributed by atoms with E-state index in [1.54, 1.807) is 25.1 Å². The van der Waals surface area contributed by atoms with E-state index in [4.69, 9.17) is 0 Å². The van der Waals surface area contributed by atoms with E-state index in [1.807, 2.05) is 0 Å². The molecule has 0 heterocycles. The third-order valence-electron chi connectivity index (χ3n) is 3.99. The Labute approximate surface area is 142 Å². The van der Waals surface area contributed by atoms with Crippen molar-refractivity contribution in [3.05, 3.63) is 35.9 Å². The number of nitriles is 1. The molecule has 1 amide bonds. The Hall–Kier alpha value is -2.17. The molecule has 1 aromatic carbocycles. The van der Waals surface area contributed by atoms with Gasteiger partial charge in [-0.2, -0.15) is 5.26 Å². The average Bonchev–Trinajstić information content (AvgIpc) is 3.02. The smallest absolute Gasteiger partial charge is 0.245 e. The second kappa shape index (κ2) is 7.60. The maximum atomic E-state index is 12.0. The molecular formula is C17H21N3O3S. The van der Waals surface area contributed by atoms with Crippen LogP contribution < -0.4 is 10.0 Å². The van der Waals surface area contributed by atoms with Gasteiger partial charge < -0.3 is 5.32 Å². The van der Waals surface area contributed by atoms with Crippen LogP contribution in [0.5, 0.6) is 0 Å². The molecule has 0 radical (unpaired) electrons. The molecule has 6 nitrogen and oxygen atoms in total. The molecule has 1 aliphatic rings. The van der Waals surface area contributed by atoms with Crippen LogP contribution in [0.3, 0.4) is 0 Å². The SMILES string of the molecule is CCNS(=O)(=O)c1ccc(/C=C/C(=O)NC2(C#N)CCCC2)cc1. The van der Waals surface area contributed by atoms with Gasteiger partial charge >= 0.3 is 0 Å². The molecule has 0 saturated heterocycles. The van der Waals surface area contributed by atoms with Crippen molar-refractivity contribution in [3.63, 3.8) is 0 Å². The van der Waals surface area contributed by atoms with E-state index in [9.17, 15) is 18.5 Å². The average molecular weight is 347 g/mol. The molecule has 1 aliphatic carbocycles. The summed E-state index contributed by atoms with van der Waals surface area (Å²) >= 11 is 0. The van der Waals surface area contributed by atoms with Crippen LogP contribution in [0.2, 0.25) is 0 Å². The predicted molar refractivity (Wildman–Crippen MR) is 91.3 cm³/mol. The summed E-state index contributed by atoms with van der Waals surface area (Å²) in [5.74, 6) is -0.317. The largest absolute Gasteiger partial charge is 0.334 e. The standard InChI is InChI=1S/C17H21N3O3S/c1-2-19-24(22,23)15-8-5-14(6-9-15)7-10-16(21)20-17(13-18)11-3-4-12-17/h5-10,19H,2-4,11-12H2,1H3,(H,20,21)/b10-7+. The van der Waals surface area contributed by atoms with Gasteiger partial charge in [-0.25, -0.2) is 13.1 Å². The van der Waals surface area contributed by atoms with Gasteiger partial charge in [0.2, 0.25) is 15.9 Å². The maximum Gasteiger partial charge on any atom is 0.245 e. The lowest BCUT2D eigenvalue weighted by Gasteiger charge is -2.20. The van der Waals surface area contributed by atoms with Crippen LogP contribution in [-0.4, -0.2) is 26.4 Å². The number of carbonyl (C=O) groups is 1. The molecule has 0 atom stereocenters. The lowest BCUT2D eigenvalue weighted by molar-refractivity contribution is -0.117. The quantitative estimate of drug-likeness (QED) is 0.768. The minimum atomic E-state index is -3.48. The van der Waals surface area contributed by atoms with E-state index in [1.165, 1.54) is 18.2 Å². The highest BCUT2D eigenvalue weighted by molar-refractivity contribution is 7.89. The number of nitrogens with zero attached hydrogens (tertiary/aromatic N) is 1. The minimum absolute atomic E-state index is 0.181. The van der Waals surface area contributed by atoms with Crippen molar-refractivity contribution in [2.75, 3.05) is 6.54 Å². The van der Waals surface area contributed by atoms with Gasteiger partial charge in [-0.3, -0.25) is 4.79 Å². The zero-order valence-corrected chi connectivity index (χ0v) is 14.4. The molecule has 1 aromatic rings. The van der Waals surface area contributed by atoms with Crippen molar-refractivity contribution >= 4 is 22.0 Å². The van der Waals surface area contributed by atoms with Crippen molar-refractivity contribution in [1.29, 1.82) is 5.26 Å². The van der Waals surface area contributed by atoms with Gasteiger partial charge in [-0.05, 0) is 49.5 Å². The summed E-state index contributed by atoms with van der Waals surface area (Å²) in [6.45, 7) is 2.04. The fourth-order valence-corrected chi connectivity index (χ4v) is 3.77. The van der Waals surface area contributed by atoms with Crippen LogP contribution in [0, 0.1) is 11.3 Å². The van der Waals surface area contributed by atoms with Crippen LogP contribution in [0.15, 0.2) is 35.2 Å². The van der Waals surface area contributed by atoms with Crippen molar-refractivity contribution in [2.24, 2.45) is 0 Å². The first-order chi connectivity index (χ1) is 11.4. The van der Waals surface area contributed by atoms with Gasteiger partial charge in [0.05, 0.1) is 11.0 Å². The number of nitrogens with one attached hydrogen (secondary N) is 2. The van der Waals surface area contributed by atoms with Crippen molar-refractivity contribution in [2.45, 2.75) is 43.0 Å². The molecule has 2 rings (SSSR count). The molecule has 0 unspecified atom stereocenters. The van der Waals surface area contributed by atoms with Crippen molar-refractivity contribution < 1.29 is 13.2 Å². The summed E-state index contributed by atoms with van der Waals surface area (Å²) in [6, 6.07) is 8.44. The fourth-order valence-electron chi connectivity index (χ4n) is 2.72. The van der Waals surface area contributed by atoms with Crippen LogP contribution in [0.4, 0.5) is 0 Å². The van der Waals surface area contributed by atoms with E-state index in [0.717, 1.165) is 12.8 Å².